The fraction of sp³-hybridized carbons (Fsp3) is 0.438. The average molecular weight is 370 g/mol. The summed E-state index contributed by atoms with van der Waals surface area (Å²) in [5, 5.41) is 2.44. The number of anilines is 2. The summed E-state index contributed by atoms with van der Waals surface area (Å²) in [4.78, 5) is 21.3. The van der Waals surface area contributed by atoms with Crippen LogP contribution in [0.1, 0.15) is 35.1 Å². The van der Waals surface area contributed by atoms with Gasteiger partial charge in [-0.15, -0.1) is 11.3 Å². The predicted molar refractivity (Wildman–Crippen MR) is 89.9 cm³/mol. The highest BCUT2D eigenvalue weighted by Crippen LogP contribution is 2.33. The van der Waals surface area contributed by atoms with Crippen molar-refractivity contribution in [1.82, 2.24) is 9.97 Å². The molecule has 0 spiro atoms. The van der Waals surface area contributed by atoms with E-state index in [2.05, 4.69) is 27.1 Å². The van der Waals surface area contributed by atoms with E-state index in [1.165, 1.54) is 6.20 Å². The smallest absolute Gasteiger partial charge is 0.357 e. The van der Waals surface area contributed by atoms with E-state index >= 15 is 0 Å². The Morgan fingerprint density at radius 3 is 2.60 bits per heavy atom. The minimum Gasteiger partial charge on any atom is -0.357 e. The van der Waals surface area contributed by atoms with Gasteiger partial charge in [0, 0.05) is 13.1 Å². The highest BCUT2D eigenvalue weighted by atomic mass is 32.1. The molecule has 1 N–H and O–H groups in total. The van der Waals surface area contributed by atoms with Crippen molar-refractivity contribution >= 4 is 28.7 Å². The maximum absolute atomic E-state index is 12.8. The first-order valence-corrected chi connectivity index (χ1v) is 8.75. The van der Waals surface area contributed by atoms with E-state index in [9.17, 15) is 18.0 Å². The van der Waals surface area contributed by atoms with Crippen molar-refractivity contribution in [3.05, 3.63) is 34.4 Å². The maximum Gasteiger partial charge on any atom is 0.434 e. The summed E-state index contributed by atoms with van der Waals surface area (Å²) in [5.74, 6) is 0.673. The Balaban J connectivity index is 1.68. The number of alkyl halides is 3. The fourth-order valence-electron chi connectivity index (χ4n) is 2.68. The number of carbonyl (C=O) groups excluding carboxylic acids is 1. The molecule has 1 aliphatic heterocycles. The normalized spacial score (nSPS) is 16.1. The Labute approximate surface area is 146 Å². The molecule has 5 nitrogen and oxygen atoms in total. The van der Waals surface area contributed by atoms with Crippen molar-refractivity contribution in [3.63, 3.8) is 0 Å². The van der Waals surface area contributed by atoms with Crippen LogP contribution in [0.2, 0.25) is 0 Å². The molecule has 1 saturated heterocycles. The summed E-state index contributed by atoms with van der Waals surface area (Å²) in [7, 11) is 0. The van der Waals surface area contributed by atoms with Gasteiger partial charge >= 0.3 is 6.18 Å². The minimum atomic E-state index is -4.65. The van der Waals surface area contributed by atoms with Gasteiger partial charge in [0.15, 0.2) is 5.69 Å². The Kier molecular flexibility index (Phi) is 4.94. The number of amides is 1. The van der Waals surface area contributed by atoms with Crippen molar-refractivity contribution in [2.75, 3.05) is 23.3 Å². The molecule has 134 valence electrons. The van der Waals surface area contributed by atoms with Gasteiger partial charge < -0.3 is 10.2 Å². The molecule has 1 fully saturated rings. The quantitative estimate of drug-likeness (QED) is 0.886. The second-order valence-corrected chi connectivity index (χ2v) is 6.91. The molecule has 0 radical (unpaired) electrons. The van der Waals surface area contributed by atoms with E-state index in [4.69, 9.17) is 0 Å². The molecule has 3 rings (SSSR count). The number of carbonyl (C=O) groups is 1. The Bertz CT molecular complexity index is 737. The molecule has 2 aromatic rings. The molecule has 0 aliphatic carbocycles. The lowest BCUT2D eigenvalue weighted by Gasteiger charge is -2.31. The van der Waals surface area contributed by atoms with Gasteiger partial charge in [-0.3, -0.25) is 4.79 Å². The largest absolute Gasteiger partial charge is 0.434 e. The zero-order valence-corrected chi connectivity index (χ0v) is 14.3. The zero-order chi connectivity index (χ0) is 18.0. The van der Waals surface area contributed by atoms with E-state index in [0.717, 1.165) is 37.3 Å². The predicted octanol–water partition coefficient (Wildman–Crippen LogP) is 4.05. The third-order valence-corrected chi connectivity index (χ3v) is 4.98. The summed E-state index contributed by atoms with van der Waals surface area (Å²) < 4.78 is 38.4. The average Bonchev–Trinajstić information content (AvgIpc) is 3.06. The Morgan fingerprint density at radius 1 is 1.28 bits per heavy atom. The Morgan fingerprint density at radius 2 is 2.00 bits per heavy atom. The molecule has 1 aliphatic rings. The maximum atomic E-state index is 12.8. The van der Waals surface area contributed by atoms with E-state index in [0.29, 0.717) is 22.9 Å². The second kappa shape index (κ2) is 6.99. The fourth-order valence-corrected chi connectivity index (χ4v) is 3.38. The van der Waals surface area contributed by atoms with Crippen molar-refractivity contribution in [2.45, 2.75) is 25.9 Å². The first-order chi connectivity index (χ1) is 11.8. The molecule has 0 bridgehead atoms. The minimum absolute atomic E-state index is 0.348. The molecule has 2 aromatic heterocycles. The van der Waals surface area contributed by atoms with Gasteiger partial charge in [0.1, 0.15) is 10.7 Å². The van der Waals surface area contributed by atoms with E-state index in [1.807, 2.05) is 0 Å². The summed E-state index contributed by atoms with van der Waals surface area (Å²) in [6.45, 7) is 4.07. The van der Waals surface area contributed by atoms with Crippen molar-refractivity contribution < 1.29 is 18.0 Å². The van der Waals surface area contributed by atoms with Crippen molar-refractivity contribution in [3.8, 4) is 0 Å². The van der Waals surface area contributed by atoms with E-state index in [-0.39, 0.29) is 0 Å². The molecule has 0 unspecified atom stereocenters. The monoisotopic (exact) mass is 370 g/mol. The lowest BCUT2D eigenvalue weighted by atomic mass is 9.99. The Hall–Kier alpha value is -2.16. The third kappa shape index (κ3) is 4.09. The van der Waals surface area contributed by atoms with Gasteiger partial charge in [0.05, 0.1) is 17.4 Å². The van der Waals surface area contributed by atoms with Gasteiger partial charge in [0.2, 0.25) is 0 Å². The van der Waals surface area contributed by atoms with Gasteiger partial charge in [-0.1, -0.05) is 6.92 Å². The van der Waals surface area contributed by atoms with Crippen molar-refractivity contribution in [2.24, 2.45) is 5.92 Å². The van der Waals surface area contributed by atoms with Gasteiger partial charge in [0.25, 0.3) is 5.91 Å². The molecule has 1 amide bonds. The number of hydrogen-bond donors (Lipinski definition) is 1. The lowest BCUT2D eigenvalue weighted by Crippen LogP contribution is -2.33. The second-order valence-electron chi connectivity index (χ2n) is 6.06. The number of rotatable bonds is 3. The molecule has 0 atom stereocenters. The number of thiazole rings is 1. The van der Waals surface area contributed by atoms with Crippen LogP contribution in [0.3, 0.4) is 0 Å². The standard InChI is InChI=1S/C16H17F3N4OS/c1-10-4-6-23(7-5-10)12-3-2-11(8-20-12)22-15(24)13-14(16(17,18)19)21-9-25-13/h2-3,8-10H,4-7H2,1H3,(H,22,24). The number of pyridine rings is 1. The molecular formula is C16H17F3N4OS. The van der Waals surface area contributed by atoms with Crippen LogP contribution in [-0.2, 0) is 6.18 Å². The number of piperidine rings is 1. The SMILES string of the molecule is CC1CCN(c2ccc(NC(=O)c3scnc3C(F)(F)F)cn2)CC1. The molecule has 0 saturated carbocycles. The van der Waals surface area contributed by atoms with E-state index in [1.54, 1.807) is 12.1 Å². The van der Waals surface area contributed by atoms with Crippen LogP contribution >= 0.6 is 11.3 Å². The van der Waals surface area contributed by atoms with Crippen LogP contribution < -0.4 is 10.2 Å². The third-order valence-electron chi connectivity index (χ3n) is 4.16. The van der Waals surface area contributed by atoms with Crippen LogP contribution in [0.5, 0.6) is 0 Å². The molecule has 9 heteroatoms. The number of nitrogens with zero attached hydrogens (tertiary/aromatic N) is 3. The number of hydrogen-bond acceptors (Lipinski definition) is 5. The van der Waals surface area contributed by atoms with Crippen LogP contribution in [0.4, 0.5) is 24.7 Å². The molecule has 0 aromatic carbocycles. The molecule has 25 heavy (non-hydrogen) atoms. The van der Waals surface area contributed by atoms with E-state index < -0.39 is 22.7 Å². The van der Waals surface area contributed by atoms with Gasteiger partial charge in [-0.05, 0) is 30.9 Å². The summed E-state index contributed by atoms with van der Waals surface area (Å²) in [6, 6.07) is 3.41. The summed E-state index contributed by atoms with van der Waals surface area (Å²) in [5.41, 5.74) is 0.193. The number of aromatic nitrogens is 2. The topological polar surface area (TPSA) is 58.1 Å². The number of nitrogens with one attached hydrogen (secondary N) is 1. The first kappa shape index (κ1) is 17.7. The van der Waals surface area contributed by atoms with Crippen LogP contribution in [-0.4, -0.2) is 29.0 Å². The summed E-state index contributed by atoms with van der Waals surface area (Å²) >= 11 is 0.658. The van der Waals surface area contributed by atoms with Crippen molar-refractivity contribution in [1.29, 1.82) is 0 Å². The van der Waals surface area contributed by atoms with Crippen LogP contribution in [0.15, 0.2) is 23.8 Å². The lowest BCUT2D eigenvalue weighted by molar-refractivity contribution is -0.141. The first-order valence-electron chi connectivity index (χ1n) is 7.87. The van der Waals surface area contributed by atoms with Gasteiger partial charge in [-0.25, -0.2) is 9.97 Å². The zero-order valence-electron chi connectivity index (χ0n) is 13.5. The summed E-state index contributed by atoms with van der Waals surface area (Å²) in [6.07, 6.45) is -0.989. The van der Waals surface area contributed by atoms with Gasteiger partial charge in [-0.2, -0.15) is 13.2 Å². The van der Waals surface area contributed by atoms with Crippen LogP contribution in [0, 0.1) is 5.92 Å². The number of halogens is 3. The highest BCUT2D eigenvalue weighted by molar-refractivity contribution is 7.12. The molecule has 3 heterocycles. The highest BCUT2D eigenvalue weighted by Gasteiger charge is 2.38. The molecular weight excluding hydrogens is 353 g/mol. The van der Waals surface area contributed by atoms with Crippen LogP contribution in [0.25, 0.3) is 0 Å².